The maximum atomic E-state index is 11.8. The lowest BCUT2D eigenvalue weighted by Crippen LogP contribution is -2.34. The van der Waals surface area contributed by atoms with Gasteiger partial charge in [-0.05, 0) is 31.2 Å². The number of rotatable bonds is 5. The van der Waals surface area contributed by atoms with E-state index in [4.69, 9.17) is 5.73 Å². The third-order valence-electron chi connectivity index (χ3n) is 2.66. The molecule has 4 N–H and O–H groups in total. The Kier molecular flexibility index (Phi) is 6.98. The first-order valence-electron chi connectivity index (χ1n) is 5.83. The molecule has 0 spiro atoms. The van der Waals surface area contributed by atoms with Gasteiger partial charge in [-0.15, -0.1) is 12.4 Å². The monoisotopic (exact) mass is 321 g/mol. The summed E-state index contributed by atoms with van der Waals surface area (Å²) in [6, 6.07) is 6.17. The molecule has 1 aromatic rings. The first kappa shape index (κ1) is 18.7. The Labute approximate surface area is 125 Å². The van der Waals surface area contributed by atoms with Crippen LogP contribution in [0.25, 0.3) is 0 Å². The number of nitrogens with two attached hydrogens (primary N) is 1. The number of carbonyl (C=O) groups is 1. The fraction of sp³-hybridized carbons (Fsp3) is 0.417. The summed E-state index contributed by atoms with van der Waals surface area (Å²) in [4.78, 5) is 11.8. The number of amides is 1. The van der Waals surface area contributed by atoms with Crippen LogP contribution >= 0.6 is 12.4 Å². The van der Waals surface area contributed by atoms with Crippen LogP contribution in [-0.4, -0.2) is 26.6 Å². The molecule has 0 aliphatic rings. The predicted octanol–water partition coefficient (Wildman–Crippen LogP) is 1.40. The zero-order chi connectivity index (χ0) is 14.6. The summed E-state index contributed by atoms with van der Waals surface area (Å²) in [6.07, 6.45) is 1.08. The van der Waals surface area contributed by atoms with Gasteiger partial charge in [0.25, 0.3) is 0 Å². The van der Waals surface area contributed by atoms with E-state index in [9.17, 15) is 13.2 Å². The fourth-order valence-corrected chi connectivity index (χ4v) is 1.89. The second-order valence-electron chi connectivity index (χ2n) is 4.59. The number of anilines is 2. The van der Waals surface area contributed by atoms with Crippen molar-refractivity contribution in [1.82, 2.24) is 0 Å². The van der Waals surface area contributed by atoms with E-state index in [1.165, 1.54) is 0 Å². The molecule has 1 amide bonds. The van der Waals surface area contributed by atoms with Crippen molar-refractivity contribution in [3.63, 3.8) is 0 Å². The summed E-state index contributed by atoms with van der Waals surface area (Å²) in [5.74, 6) is -0.465. The second kappa shape index (κ2) is 7.47. The molecule has 0 heterocycles. The van der Waals surface area contributed by atoms with Crippen molar-refractivity contribution in [2.24, 2.45) is 11.7 Å². The van der Waals surface area contributed by atoms with Gasteiger partial charge in [0.15, 0.2) is 0 Å². The Balaban J connectivity index is 0.00000361. The Morgan fingerprint density at radius 3 is 2.00 bits per heavy atom. The van der Waals surface area contributed by atoms with Crippen molar-refractivity contribution in [3.05, 3.63) is 24.3 Å². The first-order chi connectivity index (χ1) is 8.69. The summed E-state index contributed by atoms with van der Waals surface area (Å²) in [5.41, 5.74) is 6.69. The van der Waals surface area contributed by atoms with Crippen LogP contribution in [0, 0.1) is 5.92 Å². The molecular weight excluding hydrogens is 302 g/mol. The molecule has 8 heteroatoms. The summed E-state index contributed by atoms with van der Waals surface area (Å²) in [5, 5.41) is 2.72. The van der Waals surface area contributed by atoms with E-state index in [-0.39, 0.29) is 30.3 Å². The molecule has 0 bridgehead atoms. The molecule has 1 rings (SSSR count). The highest BCUT2D eigenvalue weighted by Gasteiger charge is 2.16. The smallest absolute Gasteiger partial charge is 0.229 e. The van der Waals surface area contributed by atoms with Gasteiger partial charge in [0.05, 0.1) is 12.2 Å². The molecule has 2 atom stereocenters. The molecule has 0 radical (unpaired) electrons. The van der Waals surface area contributed by atoms with Gasteiger partial charge >= 0.3 is 0 Å². The van der Waals surface area contributed by atoms with Gasteiger partial charge in [-0.1, -0.05) is 6.92 Å². The Morgan fingerprint density at radius 2 is 1.60 bits per heavy atom. The van der Waals surface area contributed by atoms with Crippen LogP contribution < -0.4 is 15.8 Å². The van der Waals surface area contributed by atoms with E-state index in [1.807, 2.05) is 0 Å². The van der Waals surface area contributed by atoms with E-state index in [2.05, 4.69) is 10.0 Å². The lowest BCUT2D eigenvalue weighted by molar-refractivity contribution is -0.119. The quantitative estimate of drug-likeness (QED) is 0.763. The maximum Gasteiger partial charge on any atom is 0.229 e. The van der Waals surface area contributed by atoms with Crippen molar-refractivity contribution in [2.45, 2.75) is 19.9 Å². The fourth-order valence-electron chi connectivity index (χ4n) is 1.33. The highest BCUT2D eigenvalue weighted by molar-refractivity contribution is 7.92. The lowest BCUT2D eigenvalue weighted by atomic mass is 10.0. The van der Waals surface area contributed by atoms with Gasteiger partial charge in [-0.3, -0.25) is 9.52 Å². The van der Waals surface area contributed by atoms with E-state index in [1.54, 1.807) is 38.1 Å². The van der Waals surface area contributed by atoms with Crippen LogP contribution in [0.15, 0.2) is 24.3 Å². The standard InChI is InChI=1S/C12H19N3O3S.ClH/c1-8(9(2)13)12(16)14-10-4-6-11(7-5-10)15-19(3,17)18;/h4-9,15H,13H2,1-3H3,(H,14,16);1H. The van der Waals surface area contributed by atoms with E-state index >= 15 is 0 Å². The molecule has 0 aromatic heterocycles. The van der Waals surface area contributed by atoms with Gasteiger partial charge in [-0.2, -0.15) is 0 Å². The molecule has 1 aromatic carbocycles. The summed E-state index contributed by atoms with van der Waals surface area (Å²) in [6.45, 7) is 3.52. The third kappa shape index (κ3) is 6.23. The van der Waals surface area contributed by atoms with Gasteiger partial charge in [0, 0.05) is 17.4 Å². The number of hydrogen-bond acceptors (Lipinski definition) is 4. The number of carbonyl (C=O) groups excluding carboxylic acids is 1. The molecule has 0 saturated heterocycles. The topological polar surface area (TPSA) is 101 Å². The molecule has 0 fully saturated rings. The van der Waals surface area contributed by atoms with Gasteiger partial charge in [0.2, 0.25) is 15.9 Å². The molecule has 0 aliphatic carbocycles. The van der Waals surface area contributed by atoms with Crippen LogP contribution in [0.1, 0.15) is 13.8 Å². The second-order valence-corrected chi connectivity index (χ2v) is 6.34. The number of hydrogen-bond donors (Lipinski definition) is 3. The molecule has 6 nitrogen and oxygen atoms in total. The van der Waals surface area contributed by atoms with E-state index in [0.29, 0.717) is 11.4 Å². The summed E-state index contributed by atoms with van der Waals surface area (Å²) >= 11 is 0. The van der Waals surface area contributed by atoms with Crippen molar-refractivity contribution < 1.29 is 13.2 Å². The Hall–Kier alpha value is -1.31. The minimum Gasteiger partial charge on any atom is -0.327 e. The van der Waals surface area contributed by atoms with Gasteiger partial charge < -0.3 is 11.1 Å². The average molecular weight is 322 g/mol. The maximum absolute atomic E-state index is 11.8. The number of sulfonamides is 1. The largest absolute Gasteiger partial charge is 0.327 e. The minimum absolute atomic E-state index is 0. The van der Waals surface area contributed by atoms with Crippen LogP contribution in [0.2, 0.25) is 0 Å². The number of halogens is 1. The van der Waals surface area contributed by atoms with Crippen LogP contribution in [0.3, 0.4) is 0 Å². The Bertz CT molecular complexity index is 544. The normalized spacial score (nSPS) is 13.8. The molecule has 2 unspecified atom stereocenters. The number of benzene rings is 1. The molecular formula is C12H20ClN3O3S. The minimum atomic E-state index is -3.29. The lowest BCUT2D eigenvalue weighted by Gasteiger charge is -2.15. The van der Waals surface area contributed by atoms with Crippen molar-refractivity contribution >= 4 is 39.7 Å². The van der Waals surface area contributed by atoms with Crippen molar-refractivity contribution in [2.75, 3.05) is 16.3 Å². The third-order valence-corrected chi connectivity index (χ3v) is 3.26. The van der Waals surface area contributed by atoms with E-state index in [0.717, 1.165) is 6.26 Å². The van der Waals surface area contributed by atoms with Crippen LogP contribution in [0.5, 0.6) is 0 Å². The van der Waals surface area contributed by atoms with Crippen LogP contribution in [-0.2, 0) is 14.8 Å². The van der Waals surface area contributed by atoms with Gasteiger partial charge in [0.1, 0.15) is 0 Å². The molecule has 20 heavy (non-hydrogen) atoms. The van der Waals surface area contributed by atoms with Crippen molar-refractivity contribution in [3.8, 4) is 0 Å². The highest BCUT2D eigenvalue weighted by atomic mass is 35.5. The van der Waals surface area contributed by atoms with Gasteiger partial charge in [-0.25, -0.2) is 8.42 Å². The highest BCUT2D eigenvalue weighted by Crippen LogP contribution is 2.15. The molecule has 114 valence electrons. The molecule has 0 aliphatic heterocycles. The molecule has 0 saturated carbocycles. The SMILES string of the molecule is CC(N)C(C)C(=O)Nc1ccc(NS(C)(=O)=O)cc1.Cl. The number of nitrogens with one attached hydrogen (secondary N) is 2. The zero-order valence-corrected chi connectivity index (χ0v) is 13.2. The summed E-state index contributed by atoms with van der Waals surface area (Å²) in [7, 11) is -3.29. The van der Waals surface area contributed by atoms with E-state index < -0.39 is 10.0 Å². The predicted molar refractivity (Wildman–Crippen MR) is 83.6 cm³/mol. The summed E-state index contributed by atoms with van der Waals surface area (Å²) < 4.78 is 24.4. The zero-order valence-electron chi connectivity index (χ0n) is 11.6. The van der Waals surface area contributed by atoms with Crippen LogP contribution in [0.4, 0.5) is 11.4 Å². The first-order valence-corrected chi connectivity index (χ1v) is 7.72. The average Bonchev–Trinajstić information content (AvgIpc) is 2.28. The van der Waals surface area contributed by atoms with Crippen molar-refractivity contribution in [1.29, 1.82) is 0 Å². The Morgan fingerprint density at radius 1 is 1.15 bits per heavy atom.